The van der Waals surface area contributed by atoms with E-state index in [2.05, 4.69) is 0 Å². The molecule has 0 aromatic rings. The van der Waals surface area contributed by atoms with Crippen LogP contribution >= 0.6 is 0 Å². The first-order valence-corrected chi connectivity index (χ1v) is 2.86. The van der Waals surface area contributed by atoms with E-state index in [0.29, 0.717) is 0 Å². The summed E-state index contributed by atoms with van der Waals surface area (Å²) < 4.78 is 19.4. The molecule has 0 amide bonds. The van der Waals surface area contributed by atoms with E-state index < -0.39 is 11.1 Å². The minimum Gasteiger partial charge on any atom is -0.772 e. The van der Waals surface area contributed by atoms with Crippen molar-refractivity contribution in [2.45, 2.75) is 19.1 Å². The Morgan fingerprint density at radius 1 is 1.57 bits per heavy atom. The van der Waals surface area contributed by atoms with Crippen molar-refractivity contribution in [2.75, 3.05) is 0 Å². The summed E-state index contributed by atoms with van der Waals surface area (Å²) in [4.78, 5) is 0. The molecule has 0 aliphatic carbocycles. The fraction of sp³-hybridized carbons (Fsp3) is 1.00. The molecule has 0 heterocycles. The van der Waals surface area contributed by atoms with Crippen LogP contribution in [0.1, 0.15) is 13.8 Å². The molecule has 0 aromatic heterocycles. The smallest absolute Gasteiger partial charge is 0.772 e. The Morgan fingerprint density at radius 2 is 1.71 bits per heavy atom. The van der Waals surface area contributed by atoms with E-state index in [-0.39, 0.29) is 56.6 Å². The molecule has 0 rings (SSSR count). The molecule has 0 bridgehead atoms. The molecule has 0 saturated heterocycles. The van der Waals surface area contributed by atoms with E-state index in [1.54, 1.807) is 13.8 Å². The summed E-state index contributed by atoms with van der Waals surface area (Å²) in [6.07, 6.45) is 0. The van der Waals surface area contributed by atoms with Gasteiger partial charge in [-0.05, 0) is 0 Å². The molecule has 1 atom stereocenters. The Bertz CT molecular complexity index is 64.0. The molecule has 0 spiro atoms. The second-order valence-corrected chi connectivity index (χ2v) is 2.77. The Hall–Kier alpha value is 1.75. The zero-order valence-electron chi connectivity index (χ0n) is 4.80. The molecule has 0 aliphatic heterocycles. The zero-order valence-corrected chi connectivity index (χ0v) is 8.74. The first-order chi connectivity index (χ1) is 2.64. The van der Waals surface area contributed by atoms with Gasteiger partial charge in [-0.1, -0.05) is 24.9 Å². The first-order valence-electron chi connectivity index (χ1n) is 1.72. The van der Waals surface area contributed by atoms with Crippen LogP contribution in [0, 0.1) is 0 Å². The van der Waals surface area contributed by atoms with Crippen LogP contribution in [0.3, 0.4) is 0 Å². The van der Waals surface area contributed by atoms with Crippen molar-refractivity contribution in [3.05, 3.63) is 0 Å². The predicted octanol–water partition coefficient (Wildman–Crippen LogP) is -2.72. The minimum atomic E-state index is -1.87. The van der Waals surface area contributed by atoms with Crippen LogP contribution in [-0.4, -0.2) is 14.0 Å². The number of hydrogen-bond donors (Lipinski definition) is 0. The minimum absolute atomic E-state index is 0. The molecule has 0 aromatic carbocycles. The Labute approximate surface area is 88.8 Å². The van der Waals surface area contributed by atoms with Crippen molar-refractivity contribution in [2.24, 2.45) is 0 Å². The summed E-state index contributed by atoms with van der Waals surface area (Å²) in [6.45, 7) is 3.26. The largest absolute Gasteiger partial charge is 1.00 e. The van der Waals surface area contributed by atoms with Crippen molar-refractivity contribution in [1.29, 1.82) is 0 Å². The standard InChI is InChI=1S/C3H8O2S.K/c1-3(2)6(4)5;/h3H,1-2H3,(H,4,5);/q;+1/p-1. The molecule has 0 fully saturated rings. The Balaban J connectivity index is 0. The molecule has 4 heteroatoms. The topological polar surface area (TPSA) is 40.1 Å². The molecule has 2 nitrogen and oxygen atoms in total. The molecule has 0 N–H and O–H groups in total. The van der Waals surface area contributed by atoms with Gasteiger partial charge in [-0.2, -0.15) is 0 Å². The summed E-state index contributed by atoms with van der Waals surface area (Å²) in [6, 6.07) is 0. The Morgan fingerprint density at radius 3 is 1.71 bits per heavy atom. The van der Waals surface area contributed by atoms with Crippen molar-refractivity contribution in [3.63, 3.8) is 0 Å². The second-order valence-electron chi connectivity index (χ2n) is 1.31. The van der Waals surface area contributed by atoms with Crippen molar-refractivity contribution in [3.8, 4) is 0 Å². The van der Waals surface area contributed by atoms with Crippen LogP contribution in [0.25, 0.3) is 0 Å². The van der Waals surface area contributed by atoms with E-state index in [9.17, 15) is 8.76 Å². The van der Waals surface area contributed by atoms with Crippen LogP contribution < -0.4 is 51.4 Å². The van der Waals surface area contributed by atoms with Crippen LogP contribution in [0.2, 0.25) is 0 Å². The van der Waals surface area contributed by atoms with E-state index in [4.69, 9.17) is 0 Å². The van der Waals surface area contributed by atoms with Crippen molar-refractivity contribution >= 4 is 11.1 Å². The molecule has 0 saturated carbocycles. The van der Waals surface area contributed by atoms with Gasteiger partial charge in [0.2, 0.25) is 0 Å². The Kier molecular flexibility index (Phi) is 9.68. The van der Waals surface area contributed by atoms with Gasteiger partial charge in [0.25, 0.3) is 0 Å². The molecule has 0 aliphatic rings. The van der Waals surface area contributed by atoms with Gasteiger partial charge in [-0.25, -0.2) is 0 Å². The van der Waals surface area contributed by atoms with E-state index in [0.717, 1.165) is 0 Å². The van der Waals surface area contributed by atoms with E-state index in [1.165, 1.54) is 0 Å². The van der Waals surface area contributed by atoms with Gasteiger partial charge < -0.3 is 4.55 Å². The maximum absolute atomic E-state index is 9.70. The first kappa shape index (κ1) is 11.5. The molecule has 7 heavy (non-hydrogen) atoms. The maximum Gasteiger partial charge on any atom is 1.00 e. The van der Waals surface area contributed by atoms with Crippen molar-refractivity contribution in [1.82, 2.24) is 0 Å². The third kappa shape index (κ3) is 7.75. The van der Waals surface area contributed by atoms with Crippen LogP contribution in [0.4, 0.5) is 0 Å². The molecule has 38 valence electrons. The van der Waals surface area contributed by atoms with E-state index >= 15 is 0 Å². The molecule has 1 unspecified atom stereocenters. The summed E-state index contributed by atoms with van der Waals surface area (Å²) in [5.74, 6) is 0. The van der Waals surface area contributed by atoms with Gasteiger partial charge in [0.05, 0.1) is 0 Å². The molecule has 0 radical (unpaired) electrons. The zero-order chi connectivity index (χ0) is 5.15. The third-order valence-corrected chi connectivity index (χ3v) is 1.15. The van der Waals surface area contributed by atoms with Gasteiger partial charge in [-0.3, -0.25) is 4.21 Å². The van der Waals surface area contributed by atoms with Gasteiger partial charge in [0, 0.05) is 5.25 Å². The van der Waals surface area contributed by atoms with E-state index in [1.807, 2.05) is 0 Å². The number of hydrogen-bond acceptors (Lipinski definition) is 2. The normalized spacial score (nSPS) is 13.1. The van der Waals surface area contributed by atoms with Crippen LogP contribution in [0.15, 0.2) is 0 Å². The SMILES string of the molecule is CC(C)S(=O)[O-].[K+]. The van der Waals surface area contributed by atoms with Gasteiger partial charge in [0.1, 0.15) is 0 Å². The average molecular weight is 146 g/mol. The summed E-state index contributed by atoms with van der Waals surface area (Å²) in [7, 11) is 0. The maximum atomic E-state index is 9.70. The third-order valence-electron chi connectivity index (χ3n) is 0.385. The summed E-state index contributed by atoms with van der Waals surface area (Å²) >= 11 is -1.87. The van der Waals surface area contributed by atoms with Gasteiger partial charge in [0.15, 0.2) is 0 Å². The second kappa shape index (κ2) is 5.88. The number of rotatable bonds is 1. The molecular formula is C3H7KO2S. The summed E-state index contributed by atoms with van der Waals surface area (Å²) in [5.41, 5.74) is 0. The predicted molar refractivity (Wildman–Crippen MR) is 24.1 cm³/mol. The quantitative estimate of drug-likeness (QED) is 0.298. The molecular weight excluding hydrogens is 139 g/mol. The fourth-order valence-corrected chi connectivity index (χ4v) is 0. The monoisotopic (exact) mass is 146 g/mol. The van der Waals surface area contributed by atoms with Gasteiger partial charge in [-0.15, -0.1) is 0 Å². The average Bonchev–Trinajstić information content (AvgIpc) is 1.36. The fourth-order valence-electron chi connectivity index (χ4n) is 0. The van der Waals surface area contributed by atoms with Crippen molar-refractivity contribution < 1.29 is 60.1 Å². The van der Waals surface area contributed by atoms with Crippen LogP contribution in [-0.2, 0) is 11.1 Å². The van der Waals surface area contributed by atoms with Gasteiger partial charge >= 0.3 is 51.4 Å². The van der Waals surface area contributed by atoms with Crippen LogP contribution in [0.5, 0.6) is 0 Å². The summed E-state index contributed by atoms with van der Waals surface area (Å²) in [5, 5.41) is -0.231.